The normalized spacial score (nSPS) is 9.13. The van der Waals surface area contributed by atoms with E-state index in [1.54, 1.807) is 19.1 Å². The smallest absolute Gasteiger partial charge is 0.338 e. The van der Waals surface area contributed by atoms with Crippen molar-refractivity contribution in [3.05, 3.63) is 35.9 Å². The minimum absolute atomic E-state index is 0.256. The number of carbonyl (C=O) groups excluding carboxylic acids is 1. The van der Waals surface area contributed by atoms with Crippen molar-refractivity contribution in [3.63, 3.8) is 0 Å². The Morgan fingerprint density at radius 1 is 1.20 bits per heavy atom. The average Bonchev–Trinajstić information content (AvgIpc) is 2.19. The monoisotopic (exact) mass is 209 g/mol. The highest BCUT2D eigenvalue weighted by atomic mass is 16.5. The molecule has 84 valence electrons. The zero-order chi connectivity index (χ0) is 11.7. The predicted molar refractivity (Wildman–Crippen MR) is 62.0 cm³/mol. The van der Waals surface area contributed by atoms with Gasteiger partial charge in [0.2, 0.25) is 0 Å². The molecule has 0 bridgehead atoms. The summed E-state index contributed by atoms with van der Waals surface area (Å²) in [5.41, 5.74) is 0.606. The van der Waals surface area contributed by atoms with Crippen LogP contribution in [0.25, 0.3) is 0 Å². The Morgan fingerprint density at radius 3 is 2.07 bits per heavy atom. The van der Waals surface area contributed by atoms with Gasteiger partial charge >= 0.3 is 5.97 Å². The quantitative estimate of drug-likeness (QED) is 0.698. The van der Waals surface area contributed by atoms with Crippen molar-refractivity contribution in [3.8, 4) is 0 Å². The van der Waals surface area contributed by atoms with Crippen molar-refractivity contribution < 1.29 is 9.53 Å². The third kappa shape index (κ3) is 7.70. The summed E-state index contributed by atoms with van der Waals surface area (Å²) < 4.78 is 4.79. The number of hydrogen-bond acceptors (Lipinski definition) is 3. The summed E-state index contributed by atoms with van der Waals surface area (Å²) in [4.78, 5) is 13.0. The van der Waals surface area contributed by atoms with Crippen LogP contribution in [-0.4, -0.2) is 38.6 Å². The molecule has 0 unspecified atom stereocenters. The van der Waals surface area contributed by atoms with Crippen LogP contribution in [0.4, 0.5) is 0 Å². The third-order valence-corrected chi connectivity index (χ3v) is 1.28. The molecule has 1 aromatic rings. The van der Waals surface area contributed by atoms with Gasteiger partial charge in [-0.25, -0.2) is 4.79 Å². The van der Waals surface area contributed by atoms with Crippen LogP contribution in [0.5, 0.6) is 0 Å². The highest BCUT2D eigenvalue weighted by Gasteiger charge is 2.02. The fourth-order valence-electron chi connectivity index (χ4n) is 0.789. The van der Waals surface area contributed by atoms with E-state index >= 15 is 0 Å². The highest BCUT2D eigenvalue weighted by Crippen LogP contribution is 1.99. The zero-order valence-electron chi connectivity index (χ0n) is 9.86. The lowest BCUT2D eigenvalue weighted by Crippen LogP contribution is -2.03. The van der Waals surface area contributed by atoms with Crippen LogP contribution in [-0.2, 0) is 4.74 Å². The van der Waals surface area contributed by atoms with Crippen molar-refractivity contribution in [2.45, 2.75) is 6.92 Å². The number of nitrogens with zero attached hydrogens (tertiary/aromatic N) is 1. The number of ether oxygens (including phenoxy) is 1. The second-order valence-corrected chi connectivity index (χ2v) is 3.43. The molecule has 3 nitrogen and oxygen atoms in total. The molecule has 0 fully saturated rings. The molecule has 0 radical (unpaired) electrons. The summed E-state index contributed by atoms with van der Waals surface area (Å²) in [6, 6.07) is 8.96. The number of esters is 1. The van der Waals surface area contributed by atoms with E-state index in [9.17, 15) is 4.79 Å². The largest absolute Gasteiger partial charge is 0.462 e. The van der Waals surface area contributed by atoms with E-state index in [1.807, 2.05) is 44.2 Å². The molecular formula is C12H19NO2. The molecule has 0 aliphatic carbocycles. The van der Waals surface area contributed by atoms with Crippen molar-refractivity contribution in [2.75, 3.05) is 27.7 Å². The van der Waals surface area contributed by atoms with E-state index in [0.29, 0.717) is 12.2 Å². The van der Waals surface area contributed by atoms with Gasteiger partial charge < -0.3 is 9.64 Å². The summed E-state index contributed by atoms with van der Waals surface area (Å²) in [5.74, 6) is -0.256. The molecule has 0 heterocycles. The Kier molecular flexibility index (Phi) is 7.28. The molecule has 0 aliphatic heterocycles. The van der Waals surface area contributed by atoms with Crippen LogP contribution < -0.4 is 0 Å². The van der Waals surface area contributed by atoms with Gasteiger partial charge in [0, 0.05) is 0 Å². The molecule has 15 heavy (non-hydrogen) atoms. The van der Waals surface area contributed by atoms with Gasteiger partial charge in [-0.3, -0.25) is 0 Å². The van der Waals surface area contributed by atoms with Crippen LogP contribution in [0.15, 0.2) is 30.3 Å². The Hall–Kier alpha value is -1.35. The van der Waals surface area contributed by atoms with Gasteiger partial charge in [0.25, 0.3) is 0 Å². The molecule has 1 rings (SSSR count). The number of hydrogen-bond donors (Lipinski definition) is 0. The average molecular weight is 209 g/mol. The van der Waals surface area contributed by atoms with Gasteiger partial charge in [-0.15, -0.1) is 0 Å². The molecule has 0 saturated heterocycles. The summed E-state index contributed by atoms with van der Waals surface area (Å²) in [6.07, 6.45) is 0. The highest BCUT2D eigenvalue weighted by molar-refractivity contribution is 5.89. The lowest BCUT2D eigenvalue weighted by Gasteiger charge is -1.99. The van der Waals surface area contributed by atoms with Gasteiger partial charge in [-0.1, -0.05) is 18.2 Å². The number of benzene rings is 1. The van der Waals surface area contributed by atoms with Gasteiger partial charge in [0.05, 0.1) is 12.2 Å². The SMILES string of the molecule is CCOC(=O)c1ccccc1.CN(C)C. The maximum atomic E-state index is 11.0. The minimum Gasteiger partial charge on any atom is -0.462 e. The first kappa shape index (κ1) is 13.7. The maximum Gasteiger partial charge on any atom is 0.338 e. The number of carbonyl (C=O) groups is 1. The van der Waals surface area contributed by atoms with Gasteiger partial charge in [0.1, 0.15) is 0 Å². The van der Waals surface area contributed by atoms with Gasteiger partial charge in [0.15, 0.2) is 0 Å². The first-order valence-corrected chi connectivity index (χ1v) is 4.91. The van der Waals surface area contributed by atoms with Crippen LogP contribution in [0, 0.1) is 0 Å². The van der Waals surface area contributed by atoms with Crippen LogP contribution in [0.1, 0.15) is 17.3 Å². The second kappa shape index (κ2) is 8.00. The molecule has 0 amide bonds. The summed E-state index contributed by atoms with van der Waals surface area (Å²) in [6.45, 7) is 2.22. The summed E-state index contributed by atoms with van der Waals surface area (Å²) >= 11 is 0. The van der Waals surface area contributed by atoms with E-state index in [-0.39, 0.29) is 5.97 Å². The summed E-state index contributed by atoms with van der Waals surface area (Å²) in [7, 11) is 6.00. The fourth-order valence-corrected chi connectivity index (χ4v) is 0.789. The Morgan fingerprint density at radius 2 is 1.67 bits per heavy atom. The zero-order valence-corrected chi connectivity index (χ0v) is 9.86. The molecule has 3 heteroatoms. The van der Waals surface area contributed by atoms with Crippen molar-refractivity contribution >= 4 is 5.97 Å². The van der Waals surface area contributed by atoms with Crippen molar-refractivity contribution in [1.29, 1.82) is 0 Å². The molecular weight excluding hydrogens is 190 g/mol. The van der Waals surface area contributed by atoms with E-state index in [1.165, 1.54) is 0 Å². The van der Waals surface area contributed by atoms with E-state index in [4.69, 9.17) is 4.74 Å². The molecule has 0 aromatic heterocycles. The lowest BCUT2D eigenvalue weighted by atomic mass is 10.2. The Balaban J connectivity index is 0.000000423. The molecule has 0 atom stereocenters. The maximum absolute atomic E-state index is 11.0. The Labute approximate surface area is 91.7 Å². The molecule has 0 spiro atoms. The standard InChI is InChI=1S/C9H10O2.C3H9N/c1-2-11-9(10)8-6-4-3-5-7-8;1-4(2)3/h3-7H,2H2,1H3;1-3H3. The summed E-state index contributed by atoms with van der Waals surface area (Å²) in [5, 5.41) is 0. The Bertz CT molecular complexity index is 267. The third-order valence-electron chi connectivity index (χ3n) is 1.28. The molecule has 0 N–H and O–H groups in total. The van der Waals surface area contributed by atoms with E-state index in [0.717, 1.165) is 0 Å². The number of rotatable bonds is 2. The molecule has 0 saturated carbocycles. The van der Waals surface area contributed by atoms with Crippen LogP contribution in [0.2, 0.25) is 0 Å². The molecule has 0 aliphatic rings. The van der Waals surface area contributed by atoms with Crippen LogP contribution in [0.3, 0.4) is 0 Å². The van der Waals surface area contributed by atoms with Gasteiger partial charge in [-0.05, 0) is 40.2 Å². The van der Waals surface area contributed by atoms with Crippen molar-refractivity contribution in [2.24, 2.45) is 0 Å². The first-order valence-electron chi connectivity index (χ1n) is 4.91. The van der Waals surface area contributed by atoms with Crippen molar-refractivity contribution in [1.82, 2.24) is 4.90 Å². The second-order valence-electron chi connectivity index (χ2n) is 3.43. The topological polar surface area (TPSA) is 29.5 Å². The van der Waals surface area contributed by atoms with E-state index in [2.05, 4.69) is 0 Å². The van der Waals surface area contributed by atoms with Crippen LogP contribution >= 0.6 is 0 Å². The minimum atomic E-state index is -0.256. The van der Waals surface area contributed by atoms with Gasteiger partial charge in [-0.2, -0.15) is 0 Å². The predicted octanol–water partition coefficient (Wildman–Crippen LogP) is 2.04. The van der Waals surface area contributed by atoms with E-state index < -0.39 is 0 Å². The fraction of sp³-hybridized carbons (Fsp3) is 0.417. The molecule has 1 aromatic carbocycles. The lowest BCUT2D eigenvalue weighted by molar-refractivity contribution is 0.0526. The first-order chi connectivity index (χ1) is 7.07.